The Morgan fingerprint density at radius 1 is 1.15 bits per heavy atom. The number of carbonyl (C=O) groups is 1. The quantitative estimate of drug-likeness (QED) is 0.717. The lowest BCUT2D eigenvalue weighted by atomic mass is 10.2. The first-order chi connectivity index (χ1) is 9.56. The molecule has 0 amide bonds. The van der Waals surface area contributed by atoms with Crippen LogP contribution in [0.5, 0.6) is 0 Å². The second kappa shape index (κ2) is 4.99. The van der Waals surface area contributed by atoms with E-state index in [1.54, 1.807) is 16.8 Å². The first-order valence-electron chi connectivity index (χ1n) is 5.60. The number of carboxylic acid groups (broad SMARTS) is 1. The van der Waals surface area contributed by atoms with E-state index >= 15 is 0 Å². The molecule has 0 aliphatic carbocycles. The van der Waals surface area contributed by atoms with Gasteiger partial charge in [-0.1, -0.05) is 21.1 Å². The van der Waals surface area contributed by atoms with Gasteiger partial charge < -0.3 is 5.11 Å². The van der Waals surface area contributed by atoms with Crippen molar-refractivity contribution >= 4 is 48.9 Å². The third-order valence-corrected chi connectivity index (χ3v) is 3.96. The number of hydrogen-bond donors (Lipinski definition) is 1. The van der Waals surface area contributed by atoms with Gasteiger partial charge >= 0.3 is 5.97 Å². The smallest absolute Gasteiger partial charge is 0.335 e. The van der Waals surface area contributed by atoms with Gasteiger partial charge in [0.2, 0.25) is 0 Å². The average Bonchev–Trinajstić information content (AvgIpc) is 2.81. The summed E-state index contributed by atoms with van der Waals surface area (Å²) in [6.07, 6.45) is 0. The zero-order valence-corrected chi connectivity index (χ0v) is 13.1. The monoisotopic (exact) mass is 395 g/mol. The molecule has 3 aromatic rings. The van der Waals surface area contributed by atoms with Crippen molar-refractivity contribution in [2.45, 2.75) is 0 Å². The molecule has 100 valence electrons. The van der Waals surface area contributed by atoms with Gasteiger partial charge in [-0.05, 0) is 52.3 Å². The molecule has 3 rings (SSSR count). The van der Waals surface area contributed by atoms with Crippen LogP contribution in [0.2, 0.25) is 0 Å². The predicted molar refractivity (Wildman–Crippen MR) is 81.2 cm³/mol. The maximum absolute atomic E-state index is 11.1. The molecule has 0 bridgehead atoms. The molecular weight excluding hydrogens is 390 g/mol. The second-order valence-corrected chi connectivity index (χ2v) is 5.88. The zero-order valence-electron chi connectivity index (χ0n) is 9.92. The normalized spacial score (nSPS) is 10.9. The molecule has 0 fully saturated rings. The number of hydrogen-bond acceptors (Lipinski definition) is 3. The van der Waals surface area contributed by atoms with Crippen LogP contribution >= 0.6 is 31.9 Å². The average molecular weight is 397 g/mol. The molecule has 1 N–H and O–H groups in total. The molecule has 7 heteroatoms. The van der Waals surface area contributed by atoms with Gasteiger partial charge in [0.25, 0.3) is 0 Å². The minimum atomic E-state index is -0.977. The summed E-state index contributed by atoms with van der Waals surface area (Å²) in [5.41, 5.74) is 2.28. The van der Waals surface area contributed by atoms with E-state index in [2.05, 4.69) is 42.2 Å². The summed E-state index contributed by atoms with van der Waals surface area (Å²) in [7, 11) is 0. The van der Waals surface area contributed by atoms with Gasteiger partial charge in [0.1, 0.15) is 5.52 Å². The number of nitrogens with zero attached hydrogens (tertiary/aromatic N) is 3. The van der Waals surface area contributed by atoms with Crippen LogP contribution in [0, 0.1) is 0 Å². The van der Waals surface area contributed by atoms with Gasteiger partial charge in [-0.2, -0.15) is 0 Å². The highest BCUT2D eigenvalue weighted by molar-refractivity contribution is 9.11. The molecule has 5 nitrogen and oxygen atoms in total. The zero-order chi connectivity index (χ0) is 14.3. The fourth-order valence-corrected chi connectivity index (χ4v) is 3.10. The topological polar surface area (TPSA) is 68.0 Å². The van der Waals surface area contributed by atoms with Crippen molar-refractivity contribution in [3.63, 3.8) is 0 Å². The van der Waals surface area contributed by atoms with Crippen LogP contribution in [0.4, 0.5) is 0 Å². The summed E-state index contributed by atoms with van der Waals surface area (Å²) in [5.74, 6) is -0.977. The lowest BCUT2D eigenvalue weighted by molar-refractivity contribution is 0.0697. The molecule has 0 aliphatic heterocycles. The summed E-state index contributed by atoms with van der Waals surface area (Å²) in [5, 5.41) is 17.2. The Labute approximate surface area is 130 Å². The highest BCUT2D eigenvalue weighted by Crippen LogP contribution is 2.27. The Morgan fingerprint density at radius 3 is 2.65 bits per heavy atom. The fraction of sp³-hybridized carbons (Fsp3) is 0. The first-order valence-corrected chi connectivity index (χ1v) is 7.19. The van der Waals surface area contributed by atoms with E-state index in [9.17, 15) is 4.79 Å². The second-order valence-electron chi connectivity index (χ2n) is 4.11. The number of halogens is 2. The van der Waals surface area contributed by atoms with Crippen LogP contribution in [0.15, 0.2) is 45.3 Å². The highest BCUT2D eigenvalue weighted by atomic mass is 79.9. The van der Waals surface area contributed by atoms with E-state index in [1.807, 2.05) is 18.2 Å². The largest absolute Gasteiger partial charge is 0.478 e. The van der Waals surface area contributed by atoms with E-state index in [1.165, 1.54) is 6.07 Å². The van der Waals surface area contributed by atoms with Gasteiger partial charge in [0.05, 0.1) is 16.8 Å². The number of carboxylic acids is 1. The number of fused-ring (bicyclic) bond motifs is 1. The number of aromatic nitrogens is 3. The molecule has 0 unspecified atom stereocenters. The third kappa shape index (κ3) is 2.23. The van der Waals surface area contributed by atoms with Crippen LogP contribution in [0.3, 0.4) is 0 Å². The summed E-state index contributed by atoms with van der Waals surface area (Å²) in [4.78, 5) is 11.1. The van der Waals surface area contributed by atoms with E-state index in [-0.39, 0.29) is 5.56 Å². The van der Waals surface area contributed by atoms with Gasteiger partial charge in [-0.15, -0.1) is 5.10 Å². The van der Waals surface area contributed by atoms with E-state index in [0.717, 1.165) is 14.6 Å². The van der Waals surface area contributed by atoms with Gasteiger partial charge in [-0.25, -0.2) is 9.48 Å². The van der Waals surface area contributed by atoms with Gasteiger partial charge in [0.15, 0.2) is 0 Å². The highest BCUT2D eigenvalue weighted by Gasteiger charge is 2.12. The van der Waals surface area contributed by atoms with Crippen molar-refractivity contribution in [1.29, 1.82) is 0 Å². The molecular formula is C13H7Br2N3O2. The molecule has 0 saturated carbocycles. The molecule has 0 radical (unpaired) electrons. The Hall–Kier alpha value is -1.73. The molecule has 0 saturated heterocycles. The molecule has 20 heavy (non-hydrogen) atoms. The van der Waals surface area contributed by atoms with Crippen molar-refractivity contribution in [3.8, 4) is 5.69 Å². The maximum Gasteiger partial charge on any atom is 0.335 e. The van der Waals surface area contributed by atoms with Crippen LogP contribution in [-0.4, -0.2) is 26.1 Å². The van der Waals surface area contributed by atoms with Crippen molar-refractivity contribution in [2.24, 2.45) is 0 Å². The van der Waals surface area contributed by atoms with E-state index < -0.39 is 5.97 Å². The van der Waals surface area contributed by atoms with Gasteiger partial charge in [-0.3, -0.25) is 0 Å². The summed E-state index contributed by atoms with van der Waals surface area (Å²) in [6, 6.07) is 10.4. The first kappa shape index (κ1) is 13.3. The number of rotatable bonds is 2. The molecule has 0 atom stereocenters. The third-order valence-electron chi connectivity index (χ3n) is 2.83. The Kier molecular flexibility index (Phi) is 3.31. The van der Waals surface area contributed by atoms with Crippen LogP contribution in [0.1, 0.15) is 10.4 Å². The van der Waals surface area contributed by atoms with E-state index in [0.29, 0.717) is 11.0 Å². The lowest BCUT2D eigenvalue weighted by Gasteiger charge is -2.05. The van der Waals surface area contributed by atoms with Crippen molar-refractivity contribution < 1.29 is 9.90 Å². The van der Waals surface area contributed by atoms with E-state index in [4.69, 9.17) is 5.11 Å². The van der Waals surface area contributed by atoms with Crippen LogP contribution in [-0.2, 0) is 0 Å². The maximum atomic E-state index is 11.1. The van der Waals surface area contributed by atoms with Crippen LogP contribution < -0.4 is 0 Å². The Bertz CT molecular complexity index is 830. The molecule has 0 spiro atoms. The van der Waals surface area contributed by atoms with Crippen LogP contribution in [0.25, 0.3) is 16.7 Å². The van der Waals surface area contributed by atoms with Crippen molar-refractivity contribution in [1.82, 2.24) is 15.0 Å². The minimum absolute atomic E-state index is 0.203. The summed E-state index contributed by atoms with van der Waals surface area (Å²) in [6.45, 7) is 0. The lowest BCUT2D eigenvalue weighted by Crippen LogP contribution is -2.00. The molecule has 1 heterocycles. The Morgan fingerprint density at radius 2 is 1.95 bits per heavy atom. The SMILES string of the molecule is O=C(O)c1ccc2nnn(-c3ccc(Br)cc3Br)c2c1. The number of aromatic carboxylic acids is 1. The molecule has 1 aromatic heterocycles. The Balaban J connectivity index is 2.25. The van der Waals surface area contributed by atoms with Gasteiger partial charge in [0, 0.05) is 8.95 Å². The standard InChI is InChI=1S/C13H7Br2N3O2/c14-8-2-4-11(9(15)6-8)18-12-5-7(13(19)20)1-3-10(12)16-17-18/h1-6H,(H,19,20). The molecule has 0 aliphatic rings. The summed E-state index contributed by atoms with van der Waals surface area (Å²) < 4.78 is 3.38. The predicted octanol–water partition coefficient (Wildman–Crippen LogP) is 3.64. The van der Waals surface area contributed by atoms with Crippen molar-refractivity contribution in [2.75, 3.05) is 0 Å². The number of benzene rings is 2. The fourth-order valence-electron chi connectivity index (χ4n) is 1.88. The summed E-state index contributed by atoms with van der Waals surface area (Å²) >= 11 is 6.85. The minimum Gasteiger partial charge on any atom is -0.478 e. The van der Waals surface area contributed by atoms with Crippen molar-refractivity contribution in [3.05, 3.63) is 50.9 Å². The molecule has 2 aromatic carbocycles.